The van der Waals surface area contributed by atoms with E-state index in [9.17, 15) is 54.0 Å². The lowest BCUT2D eigenvalue weighted by atomic mass is 9.86. The van der Waals surface area contributed by atoms with Gasteiger partial charge in [-0.15, -0.1) is 0 Å². The molecule has 0 bridgehead atoms. The number of carbonyl (C=O) groups is 7. The van der Waals surface area contributed by atoms with E-state index < -0.39 is 23.6 Å². The fraction of sp³-hybridized carbons (Fsp3) is 0.269. The van der Waals surface area contributed by atoms with E-state index in [1.54, 1.807) is 84.8 Å². The number of hydrogen-bond donors (Lipinski definition) is 19. The minimum absolute atomic E-state index is 0.0617. The molecule has 0 atom stereocenters. The number of piperidine rings is 1. The average molecular weight is 1920 g/mol. The minimum atomic E-state index is -0.597. The summed E-state index contributed by atoms with van der Waals surface area (Å²) in [5.41, 5.74) is 45.5. The quantitative estimate of drug-likeness (QED) is 0.0182. The number of H-pyrrole nitrogens is 4. The van der Waals surface area contributed by atoms with Crippen molar-refractivity contribution < 1.29 is 68.6 Å². The Kier molecular flexibility index (Phi) is 34.0. The lowest BCUT2D eigenvalue weighted by molar-refractivity contribution is -0.125. The molecule has 142 heavy (non-hydrogen) atoms. The number of aryl methyl sites for hydroxylation is 8. The van der Waals surface area contributed by atoms with Crippen molar-refractivity contribution in [3.05, 3.63) is 345 Å². The van der Waals surface area contributed by atoms with Gasteiger partial charge in [0.05, 0.1) is 43.1 Å². The monoisotopic (exact) mass is 1920 g/mol. The number of methoxy groups -OCH3 is 1. The first-order valence-corrected chi connectivity index (χ1v) is 46.6. The number of nitrogens with two attached hydrogens (primary N) is 4. The van der Waals surface area contributed by atoms with Crippen molar-refractivity contribution in [2.24, 2.45) is 34.8 Å². The van der Waals surface area contributed by atoms with Gasteiger partial charge in [-0.1, -0.05) is 129 Å². The average Bonchev–Trinajstić information content (AvgIpc) is 1.69. The molecule has 7 amide bonds. The van der Waals surface area contributed by atoms with Gasteiger partial charge in [0, 0.05) is 105 Å². The third kappa shape index (κ3) is 26.4. The number of aliphatic hydroxyl groups is 1. The van der Waals surface area contributed by atoms with Crippen LogP contribution in [0.4, 0.5) is 46.0 Å². The van der Waals surface area contributed by atoms with Gasteiger partial charge in [-0.05, 0) is 254 Å². The number of aromatic amines is 4. The number of nitrogens with one attached hydrogen (secondary N) is 10. The van der Waals surface area contributed by atoms with Crippen molar-refractivity contribution in [2.45, 2.75) is 141 Å². The van der Waals surface area contributed by atoms with Crippen LogP contribution in [0, 0.1) is 67.2 Å². The predicted octanol–water partition coefficient (Wildman–Crippen LogP) is 15.4. The highest BCUT2D eigenvalue weighted by Gasteiger charge is 2.28. The Hall–Kier alpha value is -16.8. The number of aromatic hydroxyl groups is 4. The SMILES string of the molecule is COc1cccc(C(=O)Nc2ccc(Cc3[nH]nc(NCc4cc(C)c(O)c(C)c4)c3C(N)=O)cc2)c1.Cc1cc(CNc2n[nH]c(Cc3ccc(N4CCC(C(C)C)CC4)cc3)c2C(N)=O)cc(C)c1O.Cc1cc(CNc2n[nH]c(Cc3ccc(N4CCOCC4=O)cc3)c2C(N)=O)cc(C)c1O.Cc1cc(CNc2n[nH]c(Cc3ccc(NC(=O)c4ccc(CO)cc4)cc3)c2C(N)=O)cc(C)c1O. The Balaban J connectivity index is 0.000000159. The molecule has 34 nitrogen and oxygen atoms in total. The molecule has 10 aromatic carbocycles. The molecular formula is C108H122N20O14. The maximum absolute atomic E-state index is 12.5. The summed E-state index contributed by atoms with van der Waals surface area (Å²) < 4.78 is 10.3. The molecular weight excluding hydrogens is 1800 g/mol. The Morgan fingerprint density at radius 3 is 1.02 bits per heavy atom. The summed E-state index contributed by atoms with van der Waals surface area (Å²) >= 11 is 0. The van der Waals surface area contributed by atoms with Crippen molar-refractivity contribution in [3.8, 4) is 28.7 Å². The Morgan fingerprint density at radius 1 is 0.408 bits per heavy atom. The maximum atomic E-state index is 12.5. The molecule has 16 rings (SSSR count). The van der Waals surface area contributed by atoms with Gasteiger partial charge in [-0.3, -0.25) is 54.0 Å². The Bertz CT molecular complexity index is 6770. The van der Waals surface area contributed by atoms with Gasteiger partial charge in [-0.25, -0.2) is 0 Å². The molecule has 2 aliphatic rings. The van der Waals surface area contributed by atoms with Crippen LogP contribution in [-0.4, -0.2) is 148 Å². The summed E-state index contributed by atoms with van der Waals surface area (Å²) in [6.45, 7) is 24.4. The highest BCUT2D eigenvalue weighted by Crippen LogP contribution is 2.35. The number of nitrogens with zero attached hydrogens (tertiary/aromatic N) is 6. The smallest absolute Gasteiger partial charge is 0.255 e. The fourth-order valence-electron chi connectivity index (χ4n) is 17.3. The van der Waals surface area contributed by atoms with Crippen molar-refractivity contribution in [1.29, 1.82) is 0 Å². The molecule has 0 spiro atoms. The van der Waals surface area contributed by atoms with E-state index in [0.717, 1.165) is 125 Å². The van der Waals surface area contributed by atoms with Gasteiger partial charge < -0.3 is 99.6 Å². The molecule has 34 heteroatoms. The van der Waals surface area contributed by atoms with Crippen LogP contribution in [0.1, 0.15) is 206 Å². The van der Waals surface area contributed by atoms with Gasteiger partial charge >= 0.3 is 0 Å². The van der Waals surface area contributed by atoms with Gasteiger partial charge in [0.25, 0.3) is 41.4 Å². The second-order valence-electron chi connectivity index (χ2n) is 36.0. The van der Waals surface area contributed by atoms with Crippen molar-refractivity contribution >= 4 is 87.4 Å². The number of anilines is 8. The number of phenolic OH excluding ortho intramolecular Hbond substituents is 4. The first-order valence-electron chi connectivity index (χ1n) is 46.6. The van der Waals surface area contributed by atoms with E-state index in [1.165, 1.54) is 18.5 Å². The second-order valence-corrected chi connectivity index (χ2v) is 36.0. The lowest BCUT2D eigenvalue weighted by Gasteiger charge is -2.35. The van der Waals surface area contributed by atoms with Crippen LogP contribution in [0.3, 0.4) is 0 Å². The summed E-state index contributed by atoms with van der Waals surface area (Å²) in [4.78, 5) is 90.2. The molecule has 4 aromatic heterocycles. The van der Waals surface area contributed by atoms with Crippen molar-refractivity contribution in [3.63, 3.8) is 0 Å². The first-order chi connectivity index (χ1) is 68.0. The van der Waals surface area contributed by atoms with Gasteiger partial charge in [-0.2, -0.15) is 20.4 Å². The number of carbonyl (C=O) groups excluding carboxylic acids is 7. The molecule has 0 radical (unpaired) electrons. The number of rotatable bonds is 33. The van der Waals surface area contributed by atoms with E-state index in [0.29, 0.717) is 162 Å². The number of aromatic nitrogens is 8. The molecule has 2 aliphatic heterocycles. The number of hydrogen-bond acceptors (Lipinski definition) is 23. The summed E-state index contributed by atoms with van der Waals surface area (Å²) in [5, 5.41) is 96.3. The van der Waals surface area contributed by atoms with Crippen molar-refractivity contribution in [1.82, 2.24) is 40.8 Å². The number of ether oxygens (including phenoxy) is 2. The van der Waals surface area contributed by atoms with Crippen LogP contribution in [0.5, 0.6) is 28.7 Å². The molecule has 0 unspecified atom stereocenters. The number of benzene rings is 10. The topological polar surface area (TPSA) is 537 Å². The van der Waals surface area contributed by atoms with Crippen LogP contribution < -0.4 is 69.4 Å². The molecule has 2 fully saturated rings. The number of aliphatic hydroxyl groups excluding tert-OH is 1. The van der Waals surface area contributed by atoms with Crippen LogP contribution in [-0.2, 0) is 68.0 Å². The molecule has 23 N–H and O–H groups in total. The zero-order valence-corrected chi connectivity index (χ0v) is 81.3. The zero-order valence-electron chi connectivity index (χ0n) is 81.3. The number of morpholine rings is 1. The van der Waals surface area contributed by atoms with E-state index in [-0.39, 0.29) is 53.7 Å². The van der Waals surface area contributed by atoms with Crippen LogP contribution in [0.15, 0.2) is 194 Å². The molecule has 0 aliphatic carbocycles. The highest BCUT2D eigenvalue weighted by atomic mass is 16.5. The van der Waals surface area contributed by atoms with Crippen LogP contribution in [0.25, 0.3) is 0 Å². The first kappa shape index (κ1) is 103. The van der Waals surface area contributed by atoms with Gasteiger partial charge in [0.1, 0.15) is 57.6 Å². The Morgan fingerprint density at radius 2 is 0.718 bits per heavy atom. The number of phenols is 4. The third-order valence-electron chi connectivity index (χ3n) is 25.1. The largest absolute Gasteiger partial charge is 0.507 e. The molecule has 14 aromatic rings. The predicted molar refractivity (Wildman–Crippen MR) is 549 cm³/mol. The standard InChI is InChI=1S/2C28H29N5O4.C28H37N5O2.C24H27N5O4/c1-16-11-20(12-17(2)25(16)35)14-30-27-24(26(29)36)23(32-33-27)13-18-5-9-22(10-6-18)31-28(37)21-7-3-19(15-34)4-8-21;1-16-11-19(12-17(2)25(16)34)15-30-27-24(26(29)35)23(32-33-27)13-18-7-9-21(10-8-18)31-28(36)20-5-4-6-22(14-20)37-3;1-17(2)22-9-11-33(12-10-22)23-7-5-20(6-8-23)15-24-25(27(29)35)28(32-31-24)30-16-21-13-18(3)26(34)19(4)14-21;1-14-9-17(10-15(2)22(14)31)12-26-24-21(23(25)32)19(27-28-24)11-16-3-5-18(6-4-16)29-7-8-33-13-20(29)30/h3-12,34-35H,13-15H2,1-2H3,(H2,29,36)(H,31,37)(H2,30,32,33);4-12,14,34H,13,15H2,1-3H3,(H2,29,35)(H,31,36)(H2,30,32,33);5-8,13-14,17,22,34H,9-12,15-16H2,1-4H3,(H2,29,35)(H2,30,31,32);3-6,9-10,31H,7-8,11-13H2,1-2H3,(H2,25,32)(H2,26,27,28). The van der Waals surface area contributed by atoms with E-state index in [4.69, 9.17) is 37.5 Å². The fourth-order valence-corrected chi connectivity index (χ4v) is 17.3. The molecule has 6 heterocycles. The summed E-state index contributed by atoms with van der Waals surface area (Å²) in [6.07, 6.45) is 4.25. The minimum Gasteiger partial charge on any atom is -0.507 e. The zero-order chi connectivity index (χ0) is 102. The summed E-state index contributed by atoms with van der Waals surface area (Å²) in [5.74, 6) is 2.03. The summed E-state index contributed by atoms with van der Waals surface area (Å²) in [6, 6.07) is 59.5. The summed E-state index contributed by atoms with van der Waals surface area (Å²) in [7, 11) is 1.55. The Labute approximate surface area is 822 Å². The van der Waals surface area contributed by atoms with Gasteiger partial charge in [0.2, 0.25) is 0 Å². The second kappa shape index (κ2) is 47.1. The lowest BCUT2D eigenvalue weighted by Crippen LogP contribution is -2.41. The van der Waals surface area contributed by atoms with Gasteiger partial charge in [0.15, 0.2) is 23.3 Å². The maximum Gasteiger partial charge on any atom is 0.255 e. The number of primary amides is 4. The van der Waals surface area contributed by atoms with Crippen molar-refractivity contribution in [2.75, 3.05) is 81.7 Å². The number of amides is 7. The highest BCUT2D eigenvalue weighted by molar-refractivity contribution is 6.06. The van der Waals surface area contributed by atoms with Crippen LogP contribution >= 0.6 is 0 Å². The molecule has 0 saturated carbocycles. The van der Waals surface area contributed by atoms with Crippen LogP contribution in [0.2, 0.25) is 0 Å². The third-order valence-corrected chi connectivity index (χ3v) is 25.1. The van der Waals surface area contributed by atoms with E-state index >= 15 is 0 Å². The van der Waals surface area contributed by atoms with E-state index in [2.05, 4.69) is 116 Å². The normalized spacial score (nSPS) is 12.4. The molecule has 738 valence electrons. The molecule has 2 saturated heterocycles. The van der Waals surface area contributed by atoms with E-state index in [1.807, 2.05) is 152 Å².